The van der Waals surface area contributed by atoms with E-state index in [1.165, 1.54) is 5.01 Å². The third kappa shape index (κ3) is 4.58. The molecule has 3 aromatic carbocycles. The van der Waals surface area contributed by atoms with Crippen molar-refractivity contribution in [2.45, 2.75) is 37.4 Å². The van der Waals surface area contributed by atoms with Crippen molar-refractivity contribution in [2.24, 2.45) is 21.4 Å². The third-order valence-electron chi connectivity index (χ3n) is 8.60. The highest BCUT2D eigenvalue weighted by molar-refractivity contribution is 6.25. The standard InChI is InChI=1S/C32H23F5N6O3/c33-21-22(34)24(36)29(25(37)23(21)35)42-31(45)27-30(32(42)46)41(40-38-27)15-20(44)43-28(17-10-5-2-6-11-17)19-13-7-12-18(26(19)39-43)14-16-8-3-1-4-9-16/h1-6,8-11,14,19,27-28,30H,7,12-13,15H2/b18-14+. The maximum Gasteiger partial charge on any atom is 0.264 e. The summed E-state index contributed by atoms with van der Waals surface area (Å²) >= 11 is 0. The van der Waals surface area contributed by atoms with Crippen molar-refractivity contribution in [3.8, 4) is 0 Å². The molecular formula is C32H23F5N6O3. The molecule has 14 heteroatoms. The van der Waals surface area contributed by atoms with Crippen molar-refractivity contribution in [3.05, 3.63) is 106 Å². The number of benzene rings is 3. The quantitative estimate of drug-likeness (QED) is 0.160. The fraction of sp³-hybridized carbons (Fsp3) is 0.250. The van der Waals surface area contributed by atoms with Gasteiger partial charge in [-0.25, -0.2) is 31.9 Å². The summed E-state index contributed by atoms with van der Waals surface area (Å²) in [6.07, 6.45) is 4.41. The second-order valence-corrected chi connectivity index (χ2v) is 11.3. The van der Waals surface area contributed by atoms with E-state index in [0.717, 1.165) is 46.7 Å². The van der Waals surface area contributed by atoms with E-state index in [-0.39, 0.29) is 10.8 Å². The van der Waals surface area contributed by atoms with Gasteiger partial charge >= 0.3 is 0 Å². The highest BCUT2D eigenvalue weighted by atomic mass is 19.2. The predicted octanol–water partition coefficient (Wildman–Crippen LogP) is 5.50. The summed E-state index contributed by atoms with van der Waals surface area (Å²) in [5.74, 6) is -15.2. The zero-order valence-corrected chi connectivity index (χ0v) is 23.8. The van der Waals surface area contributed by atoms with Gasteiger partial charge in [0.05, 0.1) is 11.8 Å². The van der Waals surface area contributed by atoms with Crippen LogP contribution in [-0.4, -0.2) is 52.1 Å². The van der Waals surface area contributed by atoms with Crippen LogP contribution in [0.1, 0.15) is 36.4 Å². The zero-order valence-electron chi connectivity index (χ0n) is 23.8. The van der Waals surface area contributed by atoms with E-state index < -0.39 is 77.2 Å². The number of carbonyl (C=O) groups is 3. The van der Waals surface area contributed by atoms with Gasteiger partial charge in [-0.2, -0.15) is 10.2 Å². The highest BCUT2D eigenvalue weighted by Gasteiger charge is 2.57. The largest absolute Gasteiger partial charge is 0.271 e. The molecule has 4 unspecified atom stereocenters. The minimum absolute atomic E-state index is 0.126. The number of hydrazone groups is 1. The average molecular weight is 635 g/mol. The molecule has 1 saturated heterocycles. The van der Waals surface area contributed by atoms with Gasteiger partial charge in [-0.15, -0.1) is 0 Å². The Morgan fingerprint density at radius 2 is 1.46 bits per heavy atom. The van der Waals surface area contributed by atoms with Gasteiger partial charge in [-0.1, -0.05) is 65.9 Å². The fourth-order valence-corrected chi connectivity index (χ4v) is 6.52. The van der Waals surface area contributed by atoms with E-state index in [1.54, 1.807) is 0 Å². The molecule has 234 valence electrons. The van der Waals surface area contributed by atoms with Gasteiger partial charge in [0.2, 0.25) is 5.82 Å². The molecular weight excluding hydrogens is 611 g/mol. The smallest absolute Gasteiger partial charge is 0.264 e. The molecule has 0 spiro atoms. The van der Waals surface area contributed by atoms with Crippen LogP contribution < -0.4 is 4.90 Å². The van der Waals surface area contributed by atoms with Gasteiger partial charge in [0.25, 0.3) is 17.7 Å². The number of allylic oxidation sites excluding steroid dienone is 1. The number of anilines is 1. The highest BCUT2D eigenvalue weighted by Crippen LogP contribution is 2.45. The van der Waals surface area contributed by atoms with E-state index in [2.05, 4.69) is 10.3 Å². The number of halogens is 5. The summed E-state index contributed by atoms with van der Waals surface area (Å²) in [5, 5.41) is 14.5. The Morgan fingerprint density at radius 3 is 2.13 bits per heavy atom. The van der Waals surface area contributed by atoms with Crippen LogP contribution >= 0.6 is 0 Å². The minimum Gasteiger partial charge on any atom is -0.271 e. The molecule has 3 aliphatic heterocycles. The number of fused-ring (bicyclic) bond motifs is 2. The minimum atomic E-state index is -2.44. The Hall–Kier alpha value is -5.27. The van der Waals surface area contributed by atoms with Crippen LogP contribution in [0.4, 0.5) is 27.6 Å². The van der Waals surface area contributed by atoms with Crippen molar-refractivity contribution < 1.29 is 36.3 Å². The molecule has 2 fully saturated rings. The molecule has 3 aromatic rings. The van der Waals surface area contributed by atoms with Gasteiger partial charge in [-0.3, -0.25) is 19.4 Å². The lowest BCUT2D eigenvalue weighted by molar-refractivity contribution is -0.136. The first-order valence-corrected chi connectivity index (χ1v) is 14.5. The molecule has 4 aliphatic rings. The topological polar surface area (TPSA) is 98.0 Å². The summed E-state index contributed by atoms with van der Waals surface area (Å²) in [6, 6.07) is 15.2. The Balaban J connectivity index is 1.20. The molecule has 3 heterocycles. The van der Waals surface area contributed by atoms with E-state index in [9.17, 15) is 36.3 Å². The van der Waals surface area contributed by atoms with Crippen molar-refractivity contribution in [1.29, 1.82) is 0 Å². The maximum atomic E-state index is 14.6. The number of nitrogens with zero attached hydrogens (tertiary/aromatic N) is 6. The average Bonchev–Trinajstić information content (AvgIpc) is 3.74. The number of imide groups is 1. The first kappa shape index (κ1) is 29.4. The second kappa shape index (κ2) is 11.3. The summed E-state index contributed by atoms with van der Waals surface area (Å²) in [7, 11) is 0. The van der Waals surface area contributed by atoms with Crippen LogP contribution in [0.3, 0.4) is 0 Å². The lowest BCUT2D eigenvalue weighted by Gasteiger charge is -2.30. The molecule has 0 bridgehead atoms. The molecule has 1 saturated carbocycles. The monoisotopic (exact) mass is 634 g/mol. The number of hydrogen-bond acceptors (Lipinski definition) is 7. The van der Waals surface area contributed by atoms with Crippen molar-refractivity contribution in [2.75, 3.05) is 11.4 Å². The van der Waals surface area contributed by atoms with Gasteiger partial charge in [0.1, 0.15) is 12.2 Å². The molecule has 0 aromatic heterocycles. The molecule has 0 N–H and O–H groups in total. The first-order chi connectivity index (χ1) is 22.2. The predicted molar refractivity (Wildman–Crippen MR) is 153 cm³/mol. The summed E-state index contributed by atoms with van der Waals surface area (Å²) in [4.78, 5) is 40.2. The Bertz CT molecular complexity index is 1840. The number of carbonyl (C=O) groups excluding carboxylic acids is 3. The molecule has 0 radical (unpaired) electrons. The number of rotatable bonds is 5. The SMILES string of the molecule is O=C1C2N=NN(CC(=O)N3N=C4/C(=C/c5ccccc5)CCCC4C3c3ccccc3)C2C(=O)N1c1c(F)c(F)c(F)c(F)c1F. The summed E-state index contributed by atoms with van der Waals surface area (Å²) in [6.45, 7) is -0.612. The van der Waals surface area contributed by atoms with Crippen LogP contribution in [0.25, 0.3) is 6.08 Å². The van der Waals surface area contributed by atoms with Crippen molar-refractivity contribution in [1.82, 2.24) is 10.0 Å². The lowest BCUT2D eigenvalue weighted by atomic mass is 9.77. The molecule has 9 nitrogen and oxygen atoms in total. The Labute approximate surface area is 258 Å². The van der Waals surface area contributed by atoms with Gasteiger partial charge in [-0.05, 0) is 42.0 Å². The molecule has 46 heavy (non-hydrogen) atoms. The third-order valence-corrected chi connectivity index (χ3v) is 8.60. The Morgan fingerprint density at radius 1 is 0.826 bits per heavy atom. The van der Waals surface area contributed by atoms with E-state index in [1.807, 2.05) is 66.7 Å². The van der Waals surface area contributed by atoms with Crippen LogP contribution in [0.15, 0.2) is 81.7 Å². The fourth-order valence-electron chi connectivity index (χ4n) is 6.52. The second-order valence-electron chi connectivity index (χ2n) is 11.3. The van der Waals surface area contributed by atoms with E-state index >= 15 is 0 Å². The normalized spacial score (nSPS) is 24.6. The number of amides is 3. The van der Waals surface area contributed by atoms with E-state index in [4.69, 9.17) is 5.10 Å². The lowest BCUT2D eigenvalue weighted by Crippen LogP contribution is -2.45. The summed E-state index contributed by atoms with van der Waals surface area (Å²) in [5.41, 5.74) is 1.83. The molecule has 7 rings (SSSR count). The zero-order chi connectivity index (χ0) is 32.3. The summed E-state index contributed by atoms with van der Waals surface area (Å²) < 4.78 is 70.7. The Kier molecular flexibility index (Phi) is 7.21. The van der Waals surface area contributed by atoms with Crippen LogP contribution in [-0.2, 0) is 14.4 Å². The van der Waals surface area contributed by atoms with Crippen LogP contribution in [0.5, 0.6) is 0 Å². The van der Waals surface area contributed by atoms with Crippen molar-refractivity contribution >= 4 is 35.2 Å². The molecule has 1 aliphatic carbocycles. The van der Waals surface area contributed by atoms with Gasteiger partial charge in [0.15, 0.2) is 35.4 Å². The first-order valence-electron chi connectivity index (χ1n) is 14.5. The van der Waals surface area contributed by atoms with Gasteiger partial charge < -0.3 is 0 Å². The number of hydrogen-bond donors (Lipinski definition) is 0. The molecule has 4 atom stereocenters. The van der Waals surface area contributed by atoms with Crippen LogP contribution in [0, 0.1) is 35.0 Å². The van der Waals surface area contributed by atoms with Crippen LogP contribution in [0.2, 0.25) is 0 Å². The van der Waals surface area contributed by atoms with Crippen molar-refractivity contribution in [3.63, 3.8) is 0 Å². The molecule has 3 amide bonds. The van der Waals surface area contributed by atoms with Gasteiger partial charge in [0, 0.05) is 5.92 Å². The van der Waals surface area contributed by atoms with E-state index in [0.29, 0.717) is 0 Å². The maximum absolute atomic E-state index is 14.6.